The van der Waals surface area contributed by atoms with E-state index in [4.69, 9.17) is 0 Å². The van der Waals surface area contributed by atoms with E-state index in [9.17, 15) is 14.7 Å². The van der Waals surface area contributed by atoms with Crippen LogP contribution < -0.4 is 0 Å². The van der Waals surface area contributed by atoms with E-state index in [1.807, 2.05) is 43.5 Å². The van der Waals surface area contributed by atoms with Crippen molar-refractivity contribution in [2.45, 2.75) is 27.2 Å². The Hall–Kier alpha value is -2.37. The molecule has 1 amide bonds. The predicted molar refractivity (Wildman–Crippen MR) is 85.4 cm³/mol. The van der Waals surface area contributed by atoms with E-state index in [1.54, 1.807) is 11.1 Å². The van der Waals surface area contributed by atoms with Crippen LogP contribution in [-0.2, 0) is 4.79 Å². The Balaban J connectivity index is 1.87. The van der Waals surface area contributed by atoms with E-state index < -0.39 is 11.4 Å². The Kier molecular flexibility index (Phi) is 3.62. The quantitative estimate of drug-likeness (QED) is 0.942. The number of carbonyl (C=O) groups excluding carboxylic acids is 1. The third-order valence-corrected chi connectivity index (χ3v) is 4.95. The number of pyridine rings is 1. The van der Waals surface area contributed by atoms with Crippen molar-refractivity contribution in [3.05, 3.63) is 35.8 Å². The molecule has 6 nitrogen and oxygen atoms in total. The van der Waals surface area contributed by atoms with E-state index in [0.29, 0.717) is 18.7 Å². The molecule has 1 unspecified atom stereocenters. The van der Waals surface area contributed by atoms with Gasteiger partial charge in [-0.15, -0.1) is 0 Å². The van der Waals surface area contributed by atoms with E-state index in [2.05, 4.69) is 4.98 Å². The van der Waals surface area contributed by atoms with Gasteiger partial charge in [-0.3, -0.25) is 9.59 Å². The van der Waals surface area contributed by atoms with Crippen LogP contribution in [0.5, 0.6) is 0 Å². The minimum Gasteiger partial charge on any atom is -0.481 e. The highest BCUT2D eigenvalue weighted by atomic mass is 16.4. The maximum atomic E-state index is 12.7. The molecule has 23 heavy (non-hydrogen) atoms. The van der Waals surface area contributed by atoms with Gasteiger partial charge >= 0.3 is 5.97 Å². The summed E-state index contributed by atoms with van der Waals surface area (Å²) in [6, 6.07) is 3.86. The molecule has 1 aliphatic heterocycles. The molecule has 2 aromatic heterocycles. The summed E-state index contributed by atoms with van der Waals surface area (Å²) in [5.74, 6) is -1.05. The van der Waals surface area contributed by atoms with Gasteiger partial charge in [0.15, 0.2) is 0 Å². The fourth-order valence-electron chi connectivity index (χ4n) is 3.25. The first-order chi connectivity index (χ1) is 10.8. The molecule has 2 aromatic rings. The molecule has 6 heteroatoms. The lowest BCUT2D eigenvalue weighted by Crippen LogP contribution is -2.40. The van der Waals surface area contributed by atoms with Gasteiger partial charge in [0.05, 0.1) is 5.41 Å². The third kappa shape index (κ3) is 2.48. The number of hydrogen-bond acceptors (Lipinski definition) is 3. The molecular weight excluding hydrogens is 294 g/mol. The summed E-state index contributed by atoms with van der Waals surface area (Å²) < 4.78 is 1.81. The van der Waals surface area contributed by atoms with Crippen molar-refractivity contribution >= 4 is 17.5 Å². The van der Waals surface area contributed by atoms with Gasteiger partial charge in [0, 0.05) is 25.5 Å². The first-order valence-corrected chi connectivity index (χ1v) is 7.81. The van der Waals surface area contributed by atoms with Crippen molar-refractivity contribution < 1.29 is 14.7 Å². The fraction of sp³-hybridized carbons (Fsp3) is 0.471. The molecule has 1 aliphatic rings. The molecule has 1 atom stereocenters. The SMILES string of the molecule is Cc1ccn2cc(C(=O)N3CCC(C(=O)O)(C(C)C)C3)nc2c1. The summed E-state index contributed by atoms with van der Waals surface area (Å²) in [5.41, 5.74) is 1.31. The van der Waals surface area contributed by atoms with Crippen LogP contribution in [0.2, 0.25) is 0 Å². The van der Waals surface area contributed by atoms with Gasteiger partial charge in [-0.05, 0) is 37.0 Å². The number of aromatic nitrogens is 2. The zero-order valence-electron chi connectivity index (χ0n) is 13.6. The average molecular weight is 315 g/mol. The predicted octanol–water partition coefficient (Wildman–Crippen LogP) is 2.22. The zero-order chi connectivity index (χ0) is 16.8. The molecule has 0 aromatic carbocycles. The number of aryl methyl sites for hydroxylation is 1. The van der Waals surface area contributed by atoms with Gasteiger partial charge in [0.2, 0.25) is 0 Å². The first-order valence-electron chi connectivity index (χ1n) is 7.81. The van der Waals surface area contributed by atoms with E-state index in [0.717, 1.165) is 11.2 Å². The Morgan fingerprint density at radius 2 is 2.13 bits per heavy atom. The van der Waals surface area contributed by atoms with Crippen molar-refractivity contribution in [1.29, 1.82) is 0 Å². The highest BCUT2D eigenvalue weighted by Gasteiger charge is 2.48. The van der Waals surface area contributed by atoms with Gasteiger partial charge in [-0.1, -0.05) is 13.8 Å². The summed E-state index contributed by atoms with van der Waals surface area (Å²) in [5, 5.41) is 9.59. The Morgan fingerprint density at radius 3 is 2.74 bits per heavy atom. The number of fused-ring (bicyclic) bond motifs is 1. The molecule has 1 N–H and O–H groups in total. The summed E-state index contributed by atoms with van der Waals surface area (Å²) in [7, 11) is 0. The van der Waals surface area contributed by atoms with Gasteiger partial charge < -0.3 is 14.4 Å². The number of carboxylic acid groups (broad SMARTS) is 1. The highest BCUT2D eigenvalue weighted by Crippen LogP contribution is 2.38. The standard InChI is InChI=1S/C17H21N3O3/c1-11(2)17(16(22)23)5-7-20(10-17)15(21)13-9-19-6-4-12(3)8-14(19)18-13/h4,6,8-9,11H,5,7,10H2,1-3H3,(H,22,23). The minimum absolute atomic E-state index is 0.0264. The van der Waals surface area contributed by atoms with Crippen LogP contribution in [0.15, 0.2) is 24.5 Å². The number of carbonyl (C=O) groups is 2. The third-order valence-electron chi connectivity index (χ3n) is 4.95. The van der Waals surface area contributed by atoms with E-state index in [1.165, 1.54) is 0 Å². The molecule has 0 saturated carbocycles. The second-order valence-electron chi connectivity index (χ2n) is 6.69. The van der Waals surface area contributed by atoms with Crippen molar-refractivity contribution in [1.82, 2.24) is 14.3 Å². The van der Waals surface area contributed by atoms with Gasteiger partial charge in [-0.25, -0.2) is 4.98 Å². The summed E-state index contributed by atoms with van der Waals surface area (Å²) in [6.07, 6.45) is 4.06. The average Bonchev–Trinajstić information content (AvgIpc) is 3.10. The number of aliphatic carboxylic acids is 1. The fourth-order valence-corrected chi connectivity index (χ4v) is 3.25. The lowest BCUT2D eigenvalue weighted by Gasteiger charge is -2.28. The van der Waals surface area contributed by atoms with Crippen LogP contribution in [0.1, 0.15) is 36.3 Å². The molecule has 3 rings (SSSR count). The van der Waals surface area contributed by atoms with Crippen molar-refractivity contribution in [2.24, 2.45) is 11.3 Å². The molecule has 0 bridgehead atoms. The van der Waals surface area contributed by atoms with Crippen LogP contribution >= 0.6 is 0 Å². The Bertz CT molecular complexity index is 780. The molecule has 3 heterocycles. The monoisotopic (exact) mass is 315 g/mol. The van der Waals surface area contributed by atoms with Crippen molar-refractivity contribution in [3.63, 3.8) is 0 Å². The van der Waals surface area contributed by atoms with Crippen molar-refractivity contribution in [3.8, 4) is 0 Å². The maximum absolute atomic E-state index is 12.7. The molecule has 0 spiro atoms. The minimum atomic E-state index is -0.856. The highest BCUT2D eigenvalue weighted by molar-refractivity contribution is 5.94. The second-order valence-corrected chi connectivity index (χ2v) is 6.69. The zero-order valence-corrected chi connectivity index (χ0v) is 13.6. The number of carboxylic acids is 1. The molecule has 0 aliphatic carbocycles. The Labute approximate surface area is 134 Å². The summed E-state index contributed by atoms with van der Waals surface area (Å²) in [4.78, 5) is 30.4. The van der Waals surface area contributed by atoms with Crippen molar-refractivity contribution in [2.75, 3.05) is 13.1 Å². The number of hydrogen-bond donors (Lipinski definition) is 1. The second kappa shape index (κ2) is 5.37. The number of likely N-dealkylation sites (tertiary alicyclic amines) is 1. The molecule has 1 saturated heterocycles. The van der Waals surface area contributed by atoms with Crippen LogP contribution in [-0.4, -0.2) is 44.4 Å². The number of rotatable bonds is 3. The Morgan fingerprint density at radius 1 is 1.39 bits per heavy atom. The smallest absolute Gasteiger partial charge is 0.311 e. The summed E-state index contributed by atoms with van der Waals surface area (Å²) >= 11 is 0. The largest absolute Gasteiger partial charge is 0.481 e. The van der Waals surface area contributed by atoms with E-state index in [-0.39, 0.29) is 18.4 Å². The van der Waals surface area contributed by atoms with Gasteiger partial charge in [0.1, 0.15) is 11.3 Å². The van der Waals surface area contributed by atoms with Gasteiger partial charge in [0.25, 0.3) is 5.91 Å². The van der Waals surface area contributed by atoms with Crippen LogP contribution in [0.3, 0.4) is 0 Å². The van der Waals surface area contributed by atoms with E-state index >= 15 is 0 Å². The van der Waals surface area contributed by atoms with Crippen LogP contribution in [0.4, 0.5) is 0 Å². The lowest BCUT2D eigenvalue weighted by atomic mass is 9.76. The molecule has 1 fully saturated rings. The first kappa shape index (κ1) is 15.5. The van der Waals surface area contributed by atoms with Crippen LogP contribution in [0.25, 0.3) is 5.65 Å². The molecule has 0 radical (unpaired) electrons. The number of amides is 1. The van der Waals surface area contributed by atoms with Gasteiger partial charge in [-0.2, -0.15) is 0 Å². The lowest BCUT2D eigenvalue weighted by molar-refractivity contribution is -0.150. The maximum Gasteiger partial charge on any atom is 0.311 e. The molecular formula is C17H21N3O3. The normalized spacial score (nSPS) is 21.3. The summed E-state index contributed by atoms with van der Waals surface area (Å²) in [6.45, 7) is 6.47. The number of imidazole rings is 1. The van der Waals surface area contributed by atoms with Crippen LogP contribution in [0, 0.1) is 18.3 Å². The topological polar surface area (TPSA) is 74.9 Å². The molecule has 122 valence electrons. The number of nitrogens with zero attached hydrogens (tertiary/aromatic N) is 3.